The zero-order chi connectivity index (χ0) is 13.7. The molecule has 0 spiro atoms. The number of rotatable bonds is 2. The topological polar surface area (TPSA) is 61.9 Å². The molecule has 0 aliphatic rings. The Morgan fingerprint density at radius 3 is 2.22 bits per heavy atom. The number of hydrogen-bond donors (Lipinski definition) is 1. The molecular formula is C12H17N3O3. The van der Waals surface area contributed by atoms with E-state index in [2.05, 4.69) is 5.32 Å². The van der Waals surface area contributed by atoms with Crippen molar-refractivity contribution in [3.05, 3.63) is 24.3 Å². The highest BCUT2D eigenvalue weighted by Crippen LogP contribution is 2.24. The van der Waals surface area contributed by atoms with E-state index >= 15 is 0 Å². The normalized spacial score (nSPS) is 9.56. The number of carbonyl (C=O) groups excluding carboxylic acids is 2. The van der Waals surface area contributed by atoms with Gasteiger partial charge in [-0.05, 0) is 12.1 Å². The summed E-state index contributed by atoms with van der Waals surface area (Å²) in [6, 6.07) is 6.47. The molecule has 0 fully saturated rings. The third-order valence-electron chi connectivity index (χ3n) is 2.10. The van der Waals surface area contributed by atoms with Gasteiger partial charge in [0.15, 0.2) is 5.75 Å². The van der Waals surface area contributed by atoms with Gasteiger partial charge in [-0.1, -0.05) is 12.1 Å². The molecule has 0 unspecified atom stereocenters. The van der Waals surface area contributed by atoms with Crippen LogP contribution in [0.2, 0.25) is 0 Å². The van der Waals surface area contributed by atoms with Crippen LogP contribution in [0.25, 0.3) is 0 Å². The Morgan fingerprint density at radius 2 is 1.67 bits per heavy atom. The number of carbonyl (C=O) groups is 2. The van der Waals surface area contributed by atoms with Crippen molar-refractivity contribution in [3.63, 3.8) is 0 Å². The summed E-state index contributed by atoms with van der Waals surface area (Å²) in [7, 11) is 6.43. The fourth-order valence-electron chi connectivity index (χ4n) is 1.07. The fourth-order valence-corrected chi connectivity index (χ4v) is 1.07. The average Bonchev–Trinajstić information content (AvgIpc) is 2.31. The molecule has 0 aliphatic heterocycles. The highest BCUT2D eigenvalue weighted by molar-refractivity contribution is 5.91. The second-order valence-electron chi connectivity index (χ2n) is 4.08. The molecule has 0 saturated heterocycles. The lowest BCUT2D eigenvalue weighted by Gasteiger charge is -2.16. The van der Waals surface area contributed by atoms with E-state index in [9.17, 15) is 9.59 Å². The minimum Gasteiger partial charge on any atom is -0.408 e. The molecule has 0 atom stereocenters. The highest BCUT2D eigenvalue weighted by Gasteiger charge is 2.12. The zero-order valence-electron chi connectivity index (χ0n) is 10.9. The van der Waals surface area contributed by atoms with Crippen LogP contribution in [0, 0.1) is 0 Å². The Bertz CT molecular complexity index is 403. The largest absolute Gasteiger partial charge is 0.414 e. The molecule has 6 heteroatoms. The van der Waals surface area contributed by atoms with E-state index in [-0.39, 0.29) is 6.03 Å². The molecule has 1 rings (SSSR count). The van der Waals surface area contributed by atoms with Gasteiger partial charge >= 0.3 is 12.1 Å². The maximum absolute atomic E-state index is 11.5. The standard InChI is InChI=1S/C12H17N3O3/c1-14(2)11(16)13-9-7-5-6-8-10(9)18-12(17)15(3)4/h5-8H,1-4H3,(H,13,16). The SMILES string of the molecule is CN(C)C(=O)Nc1ccccc1OC(=O)N(C)C. The summed E-state index contributed by atoms with van der Waals surface area (Å²) in [5.41, 5.74) is 0.450. The minimum absolute atomic E-state index is 0.289. The molecular weight excluding hydrogens is 234 g/mol. The third-order valence-corrected chi connectivity index (χ3v) is 2.10. The Hall–Kier alpha value is -2.24. The second kappa shape index (κ2) is 5.90. The third kappa shape index (κ3) is 3.65. The van der Waals surface area contributed by atoms with Crippen molar-refractivity contribution in [2.24, 2.45) is 0 Å². The Labute approximate surface area is 106 Å². The number of amides is 3. The first kappa shape index (κ1) is 13.8. The number of para-hydroxylation sites is 2. The predicted molar refractivity (Wildman–Crippen MR) is 68.9 cm³/mol. The van der Waals surface area contributed by atoms with Crippen LogP contribution in [0.3, 0.4) is 0 Å². The number of ether oxygens (including phenoxy) is 1. The van der Waals surface area contributed by atoms with Gasteiger partial charge in [0.1, 0.15) is 0 Å². The summed E-state index contributed by atoms with van der Waals surface area (Å²) in [6.07, 6.45) is -0.499. The van der Waals surface area contributed by atoms with Gasteiger partial charge in [0.25, 0.3) is 0 Å². The molecule has 1 aromatic rings. The maximum Gasteiger partial charge on any atom is 0.414 e. The van der Waals surface area contributed by atoms with Crippen molar-refractivity contribution in [2.45, 2.75) is 0 Å². The van der Waals surface area contributed by atoms with E-state index < -0.39 is 6.09 Å². The molecule has 1 aromatic carbocycles. The van der Waals surface area contributed by atoms with Crippen molar-refractivity contribution in [2.75, 3.05) is 33.5 Å². The number of nitrogens with one attached hydrogen (secondary N) is 1. The van der Waals surface area contributed by atoms with Gasteiger partial charge < -0.3 is 19.9 Å². The molecule has 0 aromatic heterocycles. The fraction of sp³-hybridized carbons (Fsp3) is 0.333. The van der Waals surface area contributed by atoms with Crippen LogP contribution in [0.1, 0.15) is 0 Å². The van der Waals surface area contributed by atoms with Crippen LogP contribution in [0.15, 0.2) is 24.3 Å². The van der Waals surface area contributed by atoms with Crippen molar-refractivity contribution in [1.82, 2.24) is 9.80 Å². The first-order valence-electron chi connectivity index (χ1n) is 5.38. The van der Waals surface area contributed by atoms with Crippen molar-refractivity contribution >= 4 is 17.8 Å². The van der Waals surface area contributed by atoms with E-state index in [0.717, 1.165) is 0 Å². The summed E-state index contributed by atoms with van der Waals surface area (Å²) in [5, 5.41) is 2.65. The number of benzene rings is 1. The Kier molecular flexibility index (Phi) is 4.53. The summed E-state index contributed by atoms with van der Waals surface area (Å²) in [4.78, 5) is 25.7. The summed E-state index contributed by atoms with van der Waals surface area (Å²) in [5.74, 6) is 0.311. The molecule has 0 radical (unpaired) electrons. The monoisotopic (exact) mass is 251 g/mol. The lowest BCUT2D eigenvalue weighted by molar-refractivity contribution is 0.172. The molecule has 6 nitrogen and oxygen atoms in total. The van der Waals surface area contributed by atoms with Gasteiger partial charge in [-0.2, -0.15) is 0 Å². The molecule has 18 heavy (non-hydrogen) atoms. The Morgan fingerprint density at radius 1 is 1.06 bits per heavy atom. The van der Waals surface area contributed by atoms with Crippen LogP contribution in [0.4, 0.5) is 15.3 Å². The highest BCUT2D eigenvalue weighted by atomic mass is 16.6. The van der Waals surface area contributed by atoms with E-state index in [0.29, 0.717) is 11.4 Å². The quantitative estimate of drug-likeness (QED) is 0.872. The molecule has 0 saturated carbocycles. The van der Waals surface area contributed by atoms with Crippen molar-refractivity contribution < 1.29 is 14.3 Å². The van der Waals surface area contributed by atoms with Gasteiger partial charge in [0.05, 0.1) is 5.69 Å². The van der Waals surface area contributed by atoms with E-state index in [1.807, 2.05) is 0 Å². The van der Waals surface area contributed by atoms with Crippen LogP contribution in [0.5, 0.6) is 5.75 Å². The minimum atomic E-state index is -0.499. The first-order chi connectivity index (χ1) is 8.41. The molecule has 0 bridgehead atoms. The van der Waals surface area contributed by atoms with Gasteiger partial charge in [0.2, 0.25) is 0 Å². The van der Waals surface area contributed by atoms with Crippen LogP contribution in [-0.4, -0.2) is 50.1 Å². The zero-order valence-corrected chi connectivity index (χ0v) is 10.9. The van der Waals surface area contributed by atoms with Crippen molar-refractivity contribution in [1.29, 1.82) is 0 Å². The van der Waals surface area contributed by atoms with Gasteiger partial charge in [0, 0.05) is 28.2 Å². The van der Waals surface area contributed by atoms with Gasteiger partial charge in [-0.25, -0.2) is 9.59 Å². The van der Waals surface area contributed by atoms with Crippen LogP contribution < -0.4 is 10.1 Å². The molecule has 3 amide bonds. The molecule has 1 N–H and O–H groups in total. The average molecular weight is 251 g/mol. The van der Waals surface area contributed by atoms with Gasteiger partial charge in [-0.3, -0.25) is 0 Å². The lowest BCUT2D eigenvalue weighted by atomic mass is 10.3. The molecule has 0 aliphatic carbocycles. The van der Waals surface area contributed by atoms with E-state index in [1.165, 1.54) is 9.80 Å². The van der Waals surface area contributed by atoms with Crippen LogP contribution in [-0.2, 0) is 0 Å². The smallest absolute Gasteiger partial charge is 0.408 e. The number of nitrogens with zero attached hydrogens (tertiary/aromatic N) is 2. The lowest BCUT2D eigenvalue weighted by Crippen LogP contribution is -2.29. The number of hydrogen-bond acceptors (Lipinski definition) is 3. The van der Waals surface area contributed by atoms with E-state index in [1.54, 1.807) is 52.5 Å². The Balaban J connectivity index is 2.86. The number of urea groups is 1. The van der Waals surface area contributed by atoms with Crippen LogP contribution >= 0.6 is 0 Å². The summed E-state index contributed by atoms with van der Waals surface area (Å²) < 4.78 is 5.14. The summed E-state index contributed by atoms with van der Waals surface area (Å²) >= 11 is 0. The maximum atomic E-state index is 11.5. The first-order valence-corrected chi connectivity index (χ1v) is 5.38. The van der Waals surface area contributed by atoms with Gasteiger partial charge in [-0.15, -0.1) is 0 Å². The predicted octanol–water partition coefficient (Wildman–Crippen LogP) is 1.84. The summed E-state index contributed by atoms with van der Waals surface area (Å²) in [6.45, 7) is 0. The second-order valence-corrected chi connectivity index (χ2v) is 4.08. The van der Waals surface area contributed by atoms with E-state index in [4.69, 9.17) is 4.74 Å². The van der Waals surface area contributed by atoms with Crippen molar-refractivity contribution in [3.8, 4) is 5.75 Å². The molecule has 98 valence electrons. The number of anilines is 1. The molecule has 0 heterocycles.